The fourth-order valence-corrected chi connectivity index (χ4v) is 4.51. The van der Waals surface area contributed by atoms with Crippen LogP contribution < -0.4 is 0 Å². The summed E-state index contributed by atoms with van der Waals surface area (Å²) in [7, 11) is 5.28. The third-order valence-electron chi connectivity index (χ3n) is 5.90. The van der Waals surface area contributed by atoms with E-state index in [1.54, 1.807) is 28.6 Å². The van der Waals surface area contributed by atoms with E-state index in [4.69, 9.17) is 9.47 Å². The van der Waals surface area contributed by atoms with Crippen LogP contribution in [0.3, 0.4) is 0 Å². The van der Waals surface area contributed by atoms with E-state index in [1.165, 1.54) is 0 Å². The van der Waals surface area contributed by atoms with Gasteiger partial charge in [-0.1, -0.05) is 12.2 Å². The highest BCUT2D eigenvalue weighted by Gasteiger charge is 2.66. The maximum absolute atomic E-state index is 13.2. The Morgan fingerprint density at radius 2 is 2.33 bits per heavy atom. The fourth-order valence-electron chi connectivity index (χ4n) is 4.51. The van der Waals surface area contributed by atoms with Crippen LogP contribution in [0.5, 0.6) is 0 Å². The Morgan fingerprint density at radius 1 is 1.52 bits per heavy atom. The summed E-state index contributed by atoms with van der Waals surface area (Å²) in [6, 6.07) is 0. The van der Waals surface area contributed by atoms with Crippen molar-refractivity contribution < 1.29 is 19.1 Å². The molecule has 8 nitrogen and oxygen atoms in total. The van der Waals surface area contributed by atoms with Gasteiger partial charge in [0, 0.05) is 40.5 Å². The van der Waals surface area contributed by atoms with E-state index in [1.807, 2.05) is 31.6 Å². The minimum absolute atomic E-state index is 0.00194. The number of aromatic nitrogens is 2. The molecular formula is C19H26N4O4. The highest BCUT2D eigenvalue weighted by atomic mass is 16.5. The first-order valence-electron chi connectivity index (χ1n) is 9.32. The van der Waals surface area contributed by atoms with Crippen LogP contribution in [0.15, 0.2) is 24.5 Å². The molecule has 0 unspecified atom stereocenters. The van der Waals surface area contributed by atoms with E-state index in [0.717, 1.165) is 12.0 Å². The van der Waals surface area contributed by atoms with Crippen molar-refractivity contribution in [3.63, 3.8) is 0 Å². The normalized spacial score (nSPS) is 31.0. The van der Waals surface area contributed by atoms with Crippen molar-refractivity contribution in [2.24, 2.45) is 18.9 Å². The van der Waals surface area contributed by atoms with Crippen molar-refractivity contribution in [3.8, 4) is 0 Å². The minimum atomic E-state index is -0.653. The molecule has 8 heteroatoms. The van der Waals surface area contributed by atoms with Gasteiger partial charge in [-0.3, -0.25) is 14.3 Å². The zero-order valence-corrected chi connectivity index (χ0v) is 16.0. The lowest BCUT2D eigenvalue weighted by molar-refractivity contribution is -0.142. The van der Waals surface area contributed by atoms with E-state index < -0.39 is 17.4 Å². The van der Waals surface area contributed by atoms with E-state index in [9.17, 15) is 9.59 Å². The van der Waals surface area contributed by atoms with Crippen LogP contribution in [0.25, 0.3) is 0 Å². The molecule has 0 radical (unpaired) electrons. The average Bonchev–Trinajstić information content (AvgIpc) is 3.39. The Bertz CT molecular complexity index is 776. The number of aryl methyl sites for hydroxylation is 1. The van der Waals surface area contributed by atoms with Crippen molar-refractivity contribution in [1.82, 2.24) is 19.6 Å². The van der Waals surface area contributed by atoms with Crippen LogP contribution in [0, 0.1) is 11.8 Å². The van der Waals surface area contributed by atoms with Crippen LogP contribution in [-0.2, 0) is 32.5 Å². The number of ether oxygens (including phenoxy) is 2. The Morgan fingerprint density at radius 3 is 3.04 bits per heavy atom. The molecule has 146 valence electrons. The van der Waals surface area contributed by atoms with Crippen LogP contribution in [0.4, 0.5) is 0 Å². The summed E-state index contributed by atoms with van der Waals surface area (Å²) in [5, 5.41) is 4.16. The van der Waals surface area contributed by atoms with E-state index in [2.05, 4.69) is 5.10 Å². The number of rotatable bonds is 7. The number of nitrogens with zero attached hydrogens (tertiary/aromatic N) is 4. The second kappa shape index (κ2) is 6.76. The number of hydrogen-bond acceptors (Lipinski definition) is 5. The van der Waals surface area contributed by atoms with Crippen molar-refractivity contribution in [2.75, 3.05) is 40.4 Å². The molecule has 0 aromatic carbocycles. The summed E-state index contributed by atoms with van der Waals surface area (Å²) in [4.78, 5) is 29.6. The van der Waals surface area contributed by atoms with E-state index in [0.29, 0.717) is 26.2 Å². The molecule has 2 fully saturated rings. The number of likely N-dealkylation sites (tertiary alicyclic amines) is 1. The van der Waals surface area contributed by atoms with Gasteiger partial charge in [-0.2, -0.15) is 5.10 Å². The van der Waals surface area contributed by atoms with Gasteiger partial charge in [-0.25, -0.2) is 0 Å². The summed E-state index contributed by atoms with van der Waals surface area (Å²) >= 11 is 0. The molecule has 0 N–H and O–H groups in total. The van der Waals surface area contributed by atoms with Gasteiger partial charge in [0.1, 0.15) is 5.60 Å². The topological polar surface area (TPSA) is 76.9 Å². The molecule has 2 amide bonds. The number of likely N-dealkylation sites (N-methyl/N-ethyl adjacent to an activating group) is 1. The number of carbonyl (C=O) groups is 2. The molecule has 3 aliphatic heterocycles. The average molecular weight is 374 g/mol. The summed E-state index contributed by atoms with van der Waals surface area (Å²) < 4.78 is 13.0. The van der Waals surface area contributed by atoms with E-state index in [-0.39, 0.29) is 17.9 Å². The van der Waals surface area contributed by atoms with Gasteiger partial charge < -0.3 is 19.3 Å². The third-order valence-corrected chi connectivity index (χ3v) is 5.90. The van der Waals surface area contributed by atoms with Crippen molar-refractivity contribution in [3.05, 3.63) is 30.1 Å². The van der Waals surface area contributed by atoms with Gasteiger partial charge in [0.15, 0.2) is 0 Å². The minimum Gasteiger partial charge on any atom is -0.383 e. The number of hydrogen-bond donors (Lipinski definition) is 0. The molecule has 4 heterocycles. The summed E-state index contributed by atoms with van der Waals surface area (Å²) in [5.41, 5.74) is 0.431. The maximum atomic E-state index is 13.2. The SMILES string of the molecule is COCCN1C[C@]23C=C[C@H](O2)[C@H](C(=O)N(C)CCc2cnn(C)c2)[C@H]3C1=O. The quantitative estimate of drug-likeness (QED) is 0.621. The zero-order chi connectivity index (χ0) is 19.2. The predicted molar refractivity (Wildman–Crippen MR) is 96.7 cm³/mol. The molecule has 1 aromatic heterocycles. The molecule has 2 saturated heterocycles. The molecule has 4 rings (SSSR count). The van der Waals surface area contributed by atoms with Gasteiger partial charge in [0.2, 0.25) is 11.8 Å². The summed E-state index contributed by atoms with van der Waals surface area (Å²) in [6.45, 7) is 2.08. The Kier molecular flexibility index (Phi) is 4.55. The van der Waals surface area contributed by atoms with Crippen molar-refractivity contribution >= 4 is 11.8 Å². The Labute approximate surface area is 158 Å². The summed E-state index contributed by atoms with van der Waals surface area (Å²) in [6.07, 6.45) is 8.11. The van der Waals surface area contributed by atoms with Gasteiger partial charge in [-0.05, 0) is 12.0 Å². The van der Waals surface area contributed by atoms with Gasteiger partial charge >= 0.3 is 0 Å². The second-order valence-electron chi connectivity index (χ2n) is 7.68. The van der Waals surface area contributed by atoms with Crippen molar-refractivity contribution in [1.29, 1.82) is 0 Å². The molecule has 1 aromatic rings. The highest BCUT2D eigenvalue weighted by molar-refractivity contribution is 5.93. The van der Waals surface area contributed by atoms with Crippen molar-refractivity contribution in [2.45, 2.75) is 18.1 Å². The van der Waals surface area contributed by atoms with Crippen LogP contribution in [-0.4, -0.2) is 83.5 Å². The van der Waals surface area contributed by atoms with E-state index >= 15 is 0 Å². The molecule has 4 atom stereocenters. The smallest absolute Gasteiger partial charge is 0.230 e. The van der Waals surface area contributed by atoms with Crippen LogP contribution in [0.2, 0.25) is 0 Å². The first-order valence-corrected chi connectivity index (χ1v) is 9.32. The van der Waals surface area contributed by atoms with Crippen LogP contribution >= 0.6 is 0 Å². The molecule has 0 aliphatic carbocycles. The molecule has 27 heavy (non-hydrogen) atoms. The molecule has 1 spiro atoms. The Balaban J connectivity index is 1.46. The lowest BCUT2D eigenvalue weighted by Crippen LogP contribution is -2.45. The second-order valence-corrected chi connectivity index (χ2v) is 7.68. The standard InChI is InChI=1S/C19H26N4O4/c1-21(7-5-13-10-20-22(2)11-13)17(24)15-14-4-6-19(27-14)12-23(8-9-26-3)18(25)16(15)19/h4,6,10-11,14-16H,5,7-9,12H2,1-3H3/t14-,15-,16-,19-/m0/s1. The largest absolute Gasteiger partial charge is 0.383 e. The Hall–Kier alpha value is -2.19. The number of amides is 2. The summed E-state index contributed by atoms with van der Waals surface area (Å²) in [5.74, 6) is -0.911. The lowest BCUT2D eigenvalue weighted by atomic mass is 9.76. The van der Waals surface area contributed by atoms with Gasteiger partial charge in [0.25, 0.3) is 0 Å². The molecule has 3 aliphatic rings. The number of carbonyl (C=O) groups excluding carboxylic acids is 2. The molecular weight excluding hydrogens is 348 g/mol. The van der Waals surface area contributed by atoms with Gasteiger partial charge in [-0.15, -0.1) is 0 Å². The highest BCUT2D eigenvalue weighted by Crippen LogP contribution is 2.52. The molecule has 2 bridgehead atoms. The fraction of sp³-hybridized carbons (Fsp3) is 0.632. The van der Waals surface area contributed by atoms with Gasteiger partial charge in [0.05, 0.1) is 37.3 Å². The van der Waals surface area contributed by atoms with Crippen LogP contribution in [0.1, 0.15) is 5.56 Å². The monoisotopic (exact) mass is 374 g/mol. The maximum Gasteiger partial charge on any atom is 0.230 e. The predicted octanol–water partition coefficient (Wildman–Crippen LogP) is -0.151. The first-order chi connectivity index (χ1) is 12.9. The first kappa shape index (κ1) is 18.2. The third kappa shape index (κ3) is 2.96. The zero-order valence-electron chi connectivity index (χ0n) is 16.0. The number of methoxy groups -OCH3 is 1. The lowest BCUT2D eigenvalue weighted by Gasteiger charge is -2.27. The number of fused-ring (bicyclic) bond motifs is 1. The molecule has 0 saturated carbocycles.